The molecule has 0 saturated carbocycles. The van der Waals surface area contributed by atoms with Gasteiger partial charge in [-0.25, -0.2) is 4.39 Å². The Labute approximate surface area is 146 Å². The van der Waals surface area contributed by atoms with E-state index in [0.717, 1.165) is 0 Å². The molecule has 1 aromatic heterocycles. The van der Waals surface area contributed by atoms with Crippen LogP contribution in [0.2, 0.25) is 0 Å². The summed E-state index contributed by atoms with van der Waals surface area (Å²) in [4.78, 5) is 18.4. The number of aliphatic hydroxyl groups is 1. The Morgan fingerprint density at radius 3 is 2.72 bits per heavy atom. The van der Waals surface area contributed by atoms with Gasteiger partial charge in [0, 0.05) is 25.0 Å². The minimum Gasteiger partial charge on any atom is -0.383 e. The number of likely N-dealkylation sites (tertiary alicyclic amines) is 1. The Hall–Kier alpha value is -2.31. The molecule has 2 aromatic rings. The van der Waals surface area contributed by atoms with Crippen molar-refractivity contribution in [2.75, 3.05) is 25.0 Å². The minimum absolute atomic E-state index is 0.188. The van der Waals surface area contributed by atoms with E-state index in [1.54, 1.807) is 25.3 Å². The van der Waals surface area contributed by atoms with E-state index in [1.807, 2.05) is 23.1 Å². The highest BCUT2D eigenvalue weighted by Gasteiger charge is 2.35. The summed E-state index contributed by atoms with van der Waals surface area (Å²) in [6, 6.07) is 10.2. The highest BCUT2D eigenvalue weighted by molar-refractivity contribution is 5.92. The van der Waals surface area contributed by atoms with Crippen LogP contribution < -0.4 is 5.32 Å². The number of hydrogen-bond donors (Lipinski definition) is 2. The van der Waals surface area contributed by atoms with E-state index in [4.69, 9.17) is 0 Å². The minimum atomic E-state index is -0.936. The van der Waals surface area contributed by atoms with E-state index in [9.17, 15) is 14.3 Å². The van der Waals surface area contributed by atoms with Crippen LogP contribution in [-0.4, -0.2) is 40.5 Å². The smallest absolute Gasteiger partial charge is 0.238 e. The van der Waals surface area contributed by atoms with Crippen LogP contribution in [0.25, 0.3) is 0 Å². The van der Waals surface area contributed by atoms with Crippen molar-refractivity contribution in [2.24, 2.45) is 0 Å². The summed E-state index contributed by atoms with van der Waals surface area (Å²) in [5, 5.41) is 13.5. The maximum absolute atomic E-state index is 13.5. The molecule has 0 radical (unpaired) electrons. The summed E-state index contributed by atoms with van der Waals surface area (Å²) in [5.74, 6) is -0.525. The zero-order valence-corrected chi connectivity index (χ0v) is 14.2. The largest absolute Gasteiger partial charge is 0.383 e. The van der Waals surface area contributed by atoms with E-state index in [0.29, 0.717) is 42.9 Å². The number of pyridine rings is 1. The van der Waals surface area contributed by atoms with Crippen LogP contribution in [-0.2, 0) is 10.4 Å². The summed E-state index contributed by atoms with van der Waals surface area (Å²) in [6.07, 6.45) is 2.72. The number of nitrogens with one attached hydrogen (secondary N) is 1. The predicted octanol–water partition coefficient (Wildman–Crippen LogP) is 2.45. The second-order valence-electron chi connectivity index (χ2n) is 6.53. The maximum atomic E-state index is 13.5. The molecule has 1 fully saturated rings. The number of rotatable bonds is 4. The number of hydrogen-bond acceptors (Lipinski definition) is 4. The standard InChI is InChI=1S/C19H22FN3O2/c1-14-5-6-15(12-16(14)20)22-18(24)13-23-10-7-19(25,8-11-23)17-4-2-3-9-21-17/h2-6,9,12,25H,7-8,10-11,13H2,1H3,(H,22,24). The number of piperidine rings is 1. The molecule has 1 aliphatic heterocycles. The molecule has 0 atom stereocenters. The van der Waals surface area contributed by atoms with Gasteiger partial charge in [0.15, 0.2) is 0 Å². The molecule has 0 spiro atoms. The van der Waals surface area contributed by atoms with Crippen LogP contribution in [0.5, 0.6) is 0 Å². The summed E-state index contributed by atoms with van der Waals surface area (Å²) in [7, 11) is 0. The summed E-state index contributed by atoms with van der Waals surface area (Å²) in [5.41, 5.74) is 0.737. The van der Waals surface area contributed by atoms with Crippen LogP contribution >= 0.6 is 0 Å². The molecule has 1 aliphatic rings. The third-order valence-electron chi connectivity index (χ3n) is 4.65. The van der Waals surface area contributed by atoms with Gasteiger partial charge in [0.05, 0.1) is 12.2 Å². The van der Waals surface area contributed by atoms with E-state index < -0.39 is 5.60 Å². The average molecular weight is 343 g/mol. The number of benzene rings is 1. The molecule has 132 valence electrons. The topological polar surface area (TPSA) is 65.5 Å². The molecule has 1 aromatic carbocycles. The van der Waals surface area contributed by atoms with Gasteiger partial charge < -0.3 is 10.4 Å². The predicted molar refractivity (Wildman–Crippen MR) is 93.6 cm³/mol. The van der Waals surface area contributed by atoms with Gasteiger partial charge in [-0.2, -0.15) is 0 Å². The van der Waals surface area contributed by atoms with Crippen molar-refractivity contribution in [2.45, 2.75) is 25.4 Å². The summed E-state index contributed by atoms with van der Waals surface area (Å²) < 4.78 is 13.5. The van der Waals surface area contributed by atoms with Crippen LogP contribution in [0.15, 0.2) is 42.6 Å². The van der Waals surface area contributed by atoms with Crippen molar-refractivity contribution in [1.82, 2.24) is 9.88 Å². The number of carbonyl (C=O) groups excluding carboxylic acids is 1. The van der Waals surface area contributed by atoms with Crippen molar-refractivity contribution in [3.8, 4) is 0 Å². The first-order chi connectivity index (χ1) is 12.0. The lowest BCUT2D eigenvalue weighted by Gasteiger charge is -2.37. The molecule has 0 aliphatic carbocycles. The SMILES string of the molecule is Cc1ccc(NC(=O)CN2CCC(O)(c3ccccn3)CC2)cc1F. The van der Waals surface area contributed by atoms with Gasteiger partial charge in [-0.3, -0.25) is 14.7 Å². The molecule has 3 rings (SSSR count). The first-order valence-electron chi connectivity index (χ1n) is 8.38. The maximum Gasteiger partial charge on any atom is 0.238 e. The van der Waals surface area contributed by atoms with Gasteiger partial charge in [0.1, 0.15) is 11.4 Å². The number of anilines is 1. The molecule has 6 heteroatoms. The van der Waals surface area contributed by atoms with Gasteiger partial charge in [-0.05, 0) is 49.6 Å². The van der Waals surface area contributed by atoms with Crippen molar-refractivity contribution < 1.29 is 14.3 Å². The van der Waals surface area contributed by atoms with Gasteiger partial charge in [0.25, 0.3) is 0 Å². The molecule has 2 N–H and O–H groups in total. The lowest BCUT2D eigenvalue weighted by Crippen LogP contribution is -2.45. The number of nitrogens with zero attached hydrogens (tertiary/aromatic N) is 2. The van der Waals surface area contributed by atoms with Crippen LogP contribution in [0, 0.1) is 12.7 Å². The molecule has 25 heavy (non-hydrogen) atoms. The molecule has 5 nitrogen and oxygen atoms in total. The third kappa shape index (κ3) is 4.21. The molecular weight excluding hydrogens is 321 g/mol. The van der Waals surface area contributed by atoms with E-state index in [1.165, 1.54) is 6.07 Å². The zero-order chi connectivity index (χ0) is 17.9. The van der Waals surface area contributed by atoms with Gasteiger partial charge >= 0.3 is 0 Å². The second kappa shape index (κ2) is 7.29. The Kier molecular flexibility index (Phi) is 5.11. The Bertz CT molecular complexity index is 744. The number of amides is 1. The second-order valence-corrected chi connectivity index (χ2v) is 6.53. The van der Waals surface area contributed by atoms with Crippen LogP contribution in [0.4, 0.5) is 10.1 Å². The Balaban J connectivity index is 1.53. The third-order valence-corrected chi connectivity index (χ3v) is 4.65. The molecule has 0 bridgehead atoms. The van der Waals surface area contributed by atoms with Crippen molar-refractivity contribution in [1.29, 1.82) is 0 Å². The lowest BCUT2D eigenvalue weighted by molar-refractivity contribution is -0.118. The Morgan fingerprint density at radius 1 is 1.32 bits per heavy atom. The van der Waals surface area contributed by atoms with Crippen LogP contribution in [0.3, 0.4) is 0 Å². The molecular formula is C19H22FN3O2. The lowest BCUT2D eigenvalue weighted by atomic mass is 9.88. The quantitative estimate of drug-likeness (QED) is 0.895. The zero-order valence-electron chi connectivity index (χ0n) is 14.2. The fourth-order valence-electron chi connectivity index (χ4n) is 3.05. The van der Waals surface area contributed by atoms with Crippen molar-refractivity contribution in [3.05, 3.63) is 59.7 Å². The van der Waals surface area contributed by atoms with Crippen molar-refractivity contribution in [3.63, 3.8) is 0 Å². The van der Waals surface area contributed by atoms with E-state index >= 15 is 0 Å². The van der Waals surface area contributed by atoms with Gasteiger partial charge in [0.2, 0.25) is 5.91 Å². The average Bonchev–Trinajstić information content (AvgIpc) is 2.61. The fraction of sp³-hybridized carbons (Fsp3) is 0.368. The monoisotopic (exact) mass is 343 g/mol. The fourth-order valence-corrected chi connectivity index (χ4v) is 3.05. The van der Waals surface area contributed by atoms with Gasteiger partial charge in [-0.15, -0.1) is 0 Å². The summed E-state index contributed by atoms with van der Waals surface area (Å²) >= 11 is 0. The number of aryl methyl sites for hydroxylation is 1. The van der Waals surface area contributed by atoms with Crippen molar-refractivity contribution >= 4 is 11.6 Å². The van der Waals surface area contributed by atoms with E-state index in [2.05, 4.69) is 10.3 Å². The highest BCUT2D eigenvalue weighted by atomic mass is 19.1. The number of halogens is 1. The molecule has 1 saturated heterocycles. The first-order valence-corrected chi connectivity index (χ1v) is 8.38. The normalized spacial score (nSPS) is 17.2. The van der Waals surface area contributed by atoms with E-state index in [-0.39, 0.29) is 18.3 Å². The highest BCUT2D eigenvalue weighted by Crippen LogP contribution is 2.31. The summed E-state index contributed by atoms with van der Waals surface area (Å²) in [6.45, 7) is 3.09. The number of aromatic nitrogens is 1. The first kappa shape index (κ1) is 17.5. The van der Waals surface area contributed by atoms with Crippen LogP contribution in [0.1, 0.15) is 24.1 Å². The van der Waals surface area contributed by atoms with Gasteiger partial charge in [-0.1, -0.05) is 12.1 Å². The molecule has 1 amide bonds. The number of carbonyl (C=O) groups is 1. The Morgan fingerprint density at radius 2 is 2.08 bits per heavy atom. The molecule has 0 unspecified atom stereocenters. The molecule has 2 heterocycles.